The smallest absolute Gasteiger partial charge is 0.330 e. The molecule has 2 heterocycles. The first-order valence-electron chi connectivity index (χ1n) is 15.7. The fraction of sp³-hybridized carbons (Fsp3) is 0.231. The van der Waals surface area contributed by atoms with E-state index in [2.05, 4.69) is 50.5 Å². The molecule has 0 amide bonds. The van der Waals surface area contributed by atoms with Crippen LogP contribution in [0.15, 0.2) is 98.1 Å². The van der Waals surface area contributed by atoms with Crippen LogP contribution in [0.25, 0.3) is 0 Å². The molecule has 2 N–H and O–H groups in total. The molecule has 0 aliphatic carbocycles. The number of esters is 2. The molecule has 4 aromatic carbocycles. The van der Waals surface area contributed by atoms with Crippen LogP contribution < -0.4 is 15.0 Å². The van der Waals surface area contributed by atoms with Crippen molar-refractivity contribution in [1.29, 1.82) is 0 Å². The van der Waals surface area contributed by atoms with Gasteiger partial charge in [-0.3, -0.25) is 0 Å². The number of aliphatic hydroxyl groups is 1. The van der Waals surface area contributed by atoms with E-state index in [0.717, 1.165) is 57.0 Å². The highest BCUT2D eigenvalue weighted by molar-refractivity contribution is 5.81. The Morgan fingerprint density at radius 2 is 1.50 bits per heavy atom. The number of ether oxygens (including phenoxy) is 4. The Balaban J connectivity index is 1.43. The summed E-state index contributed by atoms with van der Waals surface area (Å²) in [5.74, 6) is 0.0728. The zero-order chi connectivity index (χ0) is 34.0. The normalized spacial score (nSPS) is 17.0. The number of fused-ring (bicyclic) bond motifs is 6. The molecule has 2 atom stereocenters. The Bertz CT molecular complexity index is 1890. The van der Waals surface area contributed by atoms with E-state index in [4.69, 9.17) is 18.9 Å². The summed E-state index contributed by atoms with van der Waals surface area (Å²) in [4.78, 5) is 25.4. The predicted molar refractivity (Wildman–Crippen MR) is 184 cm³/mol. The van der Waals surface area contributed by atoms with E-state index in [-0.39, 0.29) is 13.2 Å². The molecule has 0 aromatic heterocycles. The molecule has 6 rings (SSSR count). The maximum absolute atomic E-state index is 11.7. The third-order valence-corrected chi connectivity index (χ3v) is 8.73. The highest BCUT2D eigenvalue weighted by Crippen LogP contribution is 2.59. The van der Waals surface area contributed by atoms with E-state index in [9.17, 15) is 14.7 Å². The summed E-state index contributed by atoms with van der Waals surface area (Å²) < 4.78 is 23.7. The van der Waals surface area contributed by atoms with Crippen molar-refractivity contribution in [3.63, 3.8) is 0 Å². The zero-order valence-corrected chi connectivity index (χ0v) is 27.2. The average molecular weight is 647 g/mol. The van der Waals surface area contributed by atoms with E-state index in [1.54, 1.807) is 0 Å². The van der Waals surface area contributed by atoms with Gasteiger partial charge in [0.2, 0.25) is 0 Å². The second-order valence-electron chi connectivity index (χ2n) is 11.9. The molecule has 0 saturated carbocycles. The van der Waals surface area contributed by atoms with Gasteiger partial charge in [0.15, 0.2) is 11.9 Å². The van der Waals surface area contributed by atoms with Crippen molar-refractivity contribution >= 4 is 29.0 Å². The van der Waals surface area contributed by atoms with Crippen molar-refractivity contribution in [3.05, 3.63) is 137 Å². The van der Waals surface area contributed by atoms with Gasteiger partial charge in [-0.15, -0.1) is 0 Å². The highest BCUT2D eigenvalue weighted by Gasteiger charge is 2.52. The lowest BCUT2D eigenvalue weighted by atomic mass is 9.77. The molecule has 1 spiro atoms. The molecular formula is C39H38N2O7. The highest BCUT2D eigenvalue weighted by atomic mass is 16.6. The van der Waals surface area contributed by atoms with Crippen molar-refractivity contribution < 1.29 is 33.6 Å². The first-order valence-corrected chi connectivity index (χ1v) is 15.7. The van der Waals surface area contributed by atoms with E-state index >= 15 is 0 Å². The number of hydrogen-bond donors (Lipinski definition) is 2. The summed E-state index contributed by atoms with van der Waals surface area (Å²) in [5.41, 5.74) is 7.70. The van der Waals surface area contributed by atoms with Crippen LogP contribution in [-0.4, -0.2) is 43.3 Å². The van der Waals surface area contributed by atoms with Crippen LogP contribution in [0.1, 0.15) is 45.2 Å². The van der Waals surface area contributed by atoms with Gasteiger partial charge in [0.05, 0.1) is 13.1 Å². The number of rotatable bonds is 11. The second kappa shape index (κ2) is 13.4. The molecule has 0 radical (unpaired) electrons. The molecule has 9 heteroatoms. The average Bonchev–Trinajstić information content (AvgIpc) is 3.37. The van der Waals surface area contributed by atoms with Gasteiger partial charge in [-0.25, -0.2) is 9.59 Å². The SMILES string of the molecule is C=CC(=O)OCCN(CCOC(=O)C=C)c1ccc2c(c1)Oc1cc(C)c(Nc3ccc(C)cc3C)cc1C21OC(O)c2ccccc21. The van der Waals surface area contributed by atoms with Gasteiger partial charge in [-0.05, 0) is 62.2 Å². The van der Waals surface area contributed by atoms with E-state index in [0.29, 0.717) is 30.2 Å². The summed E-state index contributed by atoms with van der Waals surface area (Å²) in [6, 6.07) is 23.7. The van der Waals surface area contributed by atoms with E-state index in [1.165, 1.54) is 5.56 Å². The van der Waals surface area contributed by atoms with Crippen LogP contribution in [0.3, 0.4) is 0 Å². The van der Waals surface area contributed by atoms with Crippen molar-refractivity contribution in [2.75, 3.05) is 36.5 Å². The largest absolute Gasteiger partial charge is 0.461 e. The Morgan fingerprint density at radius 3 is 2.19 bits per heavy atom. The minimum absolute atomic E-state index is 0.0864. The van der Waals surface area contributed by atoms with Crippen LogP contribution in [0.4, 0.5) is 17.1 Å². The number of aliphatic hydroxyl groups excluding tert-OH is 1. The van der Waals surface area contributed by atoms with Gasteiger partial charge < -0.3 is 34.3 Å². The first kappa shape index (κ1) is 32.6. The van der Waals surface area contributed by atoms with Crippen molar-refractivity contribution in [2.45, 2.75) is 32.7 Å². The van der Waals surface area contributed by atoms with Gasteiger partial charge in [0.1, 0.15) is 24.7 Å². The lowest BCUT2D eigenvalue weighted by Gasteiger charge is -2.38. The molecule has 0 bridgehead atoms. The first-order chi connectivity index (χ1) is 23.1. The fourth-order valence-electron chi connectivity index (χ4n) is 6.37. The monoisotopic (exact) mass is 646 g/mol. The van der Waals surface area contributed by atoms with Crippen molar-refractivity contribution in [2.24, 2.45) is 0 Å². The van der Waals surface area contributed by atoms with Gasteiger partial charge >= 0.3 is 11.9 Å². The standard InChI is InChI=1S/C39H38N2O7/c1-6-36(42)45-18-16-41(17-19-46-37(43)7-2)27-13-14-30-35(22-27)47-34-21-26(5)33(40-32-15-12-24(3)20-25(32)4)23-31(34)39(30)29-11-9-8-10-28(29)38(44)48-39/h6-15,20-23,38,40,44H,1-2,16-19H2,3-5H3. The summed E-state index contributed by atoms with van der Waals surface area (Å²) >= 11 is 0. The lowest BCUT2D eigenvalue weighted by molar-refractivity contribution is -0.142. The van der Waals surface area contributed by atoms with E-state index < -0.39 is 23.8 Å². The number of nitrogens with one attached hydrogen (secondary N) is 1. The number of nitrogens with zero attached hydrogens (tertiary/aromatic N) is 1. The topological polar surface area (TPSA) is 107 Å². The summed E-state index contributed by atoms with van der Waals surface area (Å²) in [5, 5.41) is 14.9. The quantitative estimate of drug-likeness (QED) is 0.131. The Hall–Kier alpha value is -5.38. The van der Waals surface area contributed by atoms with Gasteiger partial charge in [-0.2, -0.15) is 0 Å². The number of carbonyl (C=O) groups excluding carboxylic acids is 2. The number of aryl methyl sites for hydroxylation is 3. The Morgan fingerprint density at radius 1 is 0.833 bits per heavy atom. The lowest BCUT2D eigenvalue weighted by Crippen LogP contribution is -2.34. The maximum Gasteiger partial charge on any atom is 0.330 e. The van der Waals surface area contributed by atoms with Crippen LogP contribution in [0.5, 0.6) is 11.5 Å². The van der Waals surface area contributed by atoms with Crippen LogP contribution >= 0.6 is 0 Å². The third-order valence-electron chi connectivity index (χ3n) is 8.73. The zero-order valence-electron chi connectivity index (χ0n) is 27.2. The minimum Gasteiger partial charge on any atom is -0.461 e. The van der Waals surface area contributed by atoms with Crippen molar-refractivity contribution in [3.8, 4) is 11.5 Å². The number of benzene rings is 4. The number of anilines is 3. The molecule has 9 nitrogen and oxygen atoms in total. The van der Waals surface area contributed by atoms with Gasteiger partial charge in [0, 0.05) is 57.5 Å². The van der Waals surface area contributed by atoms with Gasteiger partial charge in [0.25, 0.3) is 0 Å². The summed E-state index contributed by atoms with van der Waals surface area (Å²) in [6.07, 6.45) is 1.06. The molecule has 0 fully saturated rings. The predicted octanol–water partition coefficient (Wildman–Crippen LogP) is 7.04. The third kappa shape index (κ3) is 6.05. The minimum atomic E-state index is -1.17. The molecule has 2 unspecified atom stereocenters. The Labute approximate surface area is 280 Å². The van der Waals surface area contributed by atoms with Crippen LogP contribution in [0.2, 0.25) is 0 Å². The van der Waals surface area contributed by atoms with E-state index in [1.807, 2.05) is 66.4 Å². The molecule has 4 aromatic rings. The maximum atomic E-state index is 11.7. The van der Waals surface area contributed by atoms with Crippen LogP contribution in [-0.2, 0) is 29.4 Å². The summed E-state index contributed by atoms with van der Waals surface area (Å²) in [6.45, 7) is 13.9. The molecule has 48 heavy (non-hydrogen) atoms. The molecule has 2 aliphatic rings. The molecular weight excluding hydrogens is 608 g/mol. The van der Waals surface area contributed by atoms with Gasteiger partial charge in [-0.1, -0.05) is 55.1 Å². The molecule has 0 saturated heterocycles. The fourth-order valence-corrected chi connectivity index (χ4v) is 6.37. The summed E-state index contributed by atoms with van der Waals surface area (Å²) in [7, 11) is 0. The number of carbonyl (C=O) groups is 2. The molecule has 246 valence electrons. The molecule has 2 aliphatic heterocycles. The second-order valence-corrected chi connectivity index (χ2v) is 11.9. The van der Waals surface area contributed by atoms with Crippen LogP contribution in [0, 0.1) is 20.8 Å². The van der Waals surface area contributed by atoms with Crippen molar-refractivity contribution in [1.82, 2.24) is 0 Å². The number of hydrogen-bond acceptors (Lipinski definition) is 9. The Kier molecular flexibility index (Phi) is 9.08.